The van der Waals surface area contributed by atoms with Crippen LogP contribution >= 0.6 is 0 Å². The first-order valence-corrected chi connectivity index (χ1v) is 10.0. The molecule has 2 aromatic heterocycles. The Kier molecular flexibility index (Phi) is 7.07. The minimum Gasteiger partial charge on any atom is -0.467 e. The maximum Gasteiger partial charge on any atom is 0.308 e. The van der Waals surface area contributed by atoms with Gasteiger partial charge in [-0.2, -0.15) is 0 Å². The monoisotopic (exact) mass is 422 g/mol. The fourth-order valence-corrected chi connectivity index (χ4v) is 3.52. The summed E-state index contributed by atoms with van der Waals surface area (Å²) in [6.45, 7) is 5.33. The number of carbonyl (C=O) groups is 3. The number of ether oxygens (including phenoxy) is 1. The standard InChI is InChI=1S/C24H26N2O5/c1-16-12-21(17(2)26(16)14-20-10-7-11-30-20)23(28)15-31-24(29)13-22(25-18(3)27)19-8-5-4-6-9-19/h4-12,22H,13-15H2,1-3H3,(H,25,27)/t22-/m1/s1. The zero-order valence-electron chi connectivity index (χ0n) is 17.9. The Labute approximate surface area is 181 Å². The average molecular weight is 422 g/mol. The van der Waals surface area contributed by atoms with Crippen LogP contribution in [0.15, 0.2) is 59.2 Å². The Balaban J connectivity index is 1.62. The van der Waals surface area contributed by atoms with Crippen molar-refractivity contribution in [2.24, 2.45) is 0 Å². The fraction of sp³-hybridized carbons (Fsp3) is 0.292. The maximum atomic E-state index is 12.7. The summed E-state index contributed by atoms with van der Waals surface area (Å²) >= 11 is 0. The van der Waals surface area contributed by atoms with Gasteiger partial charge in [0.1, 0.15) is 5.76 Å². The molecule has 3 rings (SSSR count). The molecule has 0 radical (unpaired) electrons. The van der Waals surface area contributed by atoms with E-state index in [-0.39, 0.29) is 24.7 Å². The number of nitrogens with one attached hydrogen (secondary N) is 1. The number of ketones is 1. The van der Waals surface area contributed by atoms with E-state index in [2.05, 4.69) is 5.32 Å². The summed E-state index contributed by atoms with van der Waals surface area (Å²) in [6.07, 6.45) is 1.55. The summed E-state index contributed by atoms with van der Waals surface area (Å²) in [4.78, 5) is 36.6. The van der Waals surface area contributed by atoms with Crippen LogP contribution in [0.1, 0.15) is 52.5 Å². The summed E-state index contributed by atoms with van der Waals surface area (Å²) < 4.78 is 12.6. The second kappa shape index (κ2) is 9.93. The van der Waals surface area contributed by atoms with E-state index in [0.717, 1.165) is 22.7 Å². The first-order valence-electron chi connectivity index (χ1n) is 10.0. The van der Waals surface area contributed by atoms with Gasteiger partial charge in [-0.25, -0.2) is 0 Å². The van der Waals surface area contributed by atoms with Crippen LogP contribution in [0.3, 0.4) is 0 Å². The molecule has 2 heterocycles. The number of nitrogens with zero attached hydrogens (tertiary/aromatic N) is 1. The lowest BCUT2D eigenvalue weighted by Crippen LogP contribution is -2.29. The number of esters is 1. The smallest absolute Gasteiger partial charge is 0.308 e. The van der Waals surface area contributed by atoms with Crippen molar-refractivity contribution < 1.29 is 23.5 Å². The number of aromatic nitrogens is 1. The van der Waals surface area contributed by atoms with Gasteiger partial charge < -0.3 is 19.0 Å². The number of Topliss-reactive ketones (excluding diaryl/α,β-unsaturated/α-hetero) is 1. The van der Waals surface area contributed by atoms with Crippen LogP contribution in [-0.4, -0.2) is 28.8 Å². The normalized spacial score (nSPS) is 11.7. The number of hydrogen-bond donors (Lipinski definition) is 1. The lowest BCUT2D eigenvalue weighted by Gasteiger charge is -2.17. The Morgan fingerprint density at radius 3 is 2.48 bits per heavy atom. The number of amides is 1. The number of hydrogen-bond acceptors (Lipinski definition) is 5. The van der Waals surface area contributed by atoms with Gasteiger partial charge in [-0.05, 0) is 37.6 Å². The Hall–Kier alpha value is -3.61. The molecule has 0 bridgehead atoms. The van der Waals surface area contributed by atoms with E-state index in [1.807, 2.05) is 60.9 Å². The molecule has 162 valence electrons. The van der Waals surface area contributed by atoms with E-state index >= 15 is 0 Å². The van der Waals surface area contributed by atoms with Crippen molar-refractivity contribution in [3.8, 4) is 0 Å². The minimum atomic E-state index is -0.555. The van der Waals surface area contributed by atoms with Crippen molar-refractivity contribution >= 4 is 17.7 Å². The predicted octanol–water partition coefficient (Wildman–Crippen LogP) is 3.74. The maximum absolute atomic E-state index is 12.7. The summed E-state index contributed by atoms with van der Waals surface area (Å²) in [5, 5.41) is 2.75. The number of furan rings is 1. The molecular weight excluding hydrogens is 396 g/mol. The Morgan fingerprint density at radius 2 is 1.84 bits per heavy atom. The van der Waals surface area contributed by atoms with Crippen molar-refractivity contribution in [1.82, 2.24) is 9.88 Å². The zero-order valence-corrected chi connectivity index (χ0v) is 17.9. The van der Waals surface area contributed by atoms with E-state index in [4.69, 9.17) is 9.15 Å². The van der Waals surface area contributed by atoms with E-state index in [0.29, 0.717) is 12.1 Å². The number of aryl methyl sites for hydroxylation is 1. The van der Waals surface area contributed by atoms with Crippen molar-refractivity contribution in [3.05, 3.63) is 83.1 Å². The highest BCUT2D eigenvalue weighted by molar-refractivity contribution is 5.99. The van der Waals surface area contributed by atoms with E-state index in [9.17, 15) is 14.4 Å². The number of benzene rings is 1. The van der Waals surface area contributed by atoms with Crippen molar-refractivity contribution in [1.29, 1.82) is 0 Å². The van der Waals surface area contributed by atoms with Gasteiger partial charge in [-0.1, -0.05) is 30.3 Å². The highest BCUT2D eigenvalue weighted by Crippen LogP contribution is 2.20. The van der Waals surface area contributed by atoms with Crippen molar-refractivity contribution in [2.75, 3.05) is 6.61 Å². The SMILES string of the molecule is CC(=O)N[C@H](CC(=O)OCC(=O)c1cc(C)n(Cc2ccco2)c1C)c1ccccc1. The molecule has 0 aliphatic heterocycles. The average Bonchev–Trinajstić information content (AvgIpc) is 3.36. The van der Waals surface area contributed by atoms with Gasteiger partial charge in [0.2, 0.25) is 11.7 Å². The molecule has 0 aliphatic carbocycles. The minimum absolute atomic E-state index is 0.0611. The molecule has 31 heavy (non-hydrogen) atoms. The molecule has 0 unspecified atom stereocenters. The molecule has 0 spiro atoms. The molecule has 3 aromatic rings. The molecule has 7 nitrogen and oxygen atoms in total. The topological polar surface area (TPSA) is 90.5 Å². The van der Waals surface area contributed by atoms with Gasteiger partial charge in [0.05, 0.1) is 25.3 Å². The lowest BCUT2D eigenvalue weighted by molar-refractivity contribution is -0.143. The number of rotatable bonds is 9. The first-order chi connectivity index (χ1) is 14.8. The van der Waals surface area contributed by atoms with Crippen LogP contribution in [0, 0.1) is 13.8 Å². The van der Waals surface area contributed by atoms with Gasteiger partial charge in [0.25, 0.3) is 0 Å². The third-order valence-electron chi connectivity index (χ3n) is 5.08. The second-order valence-electron chi connectivity index (χ2n) is 7.40. The van der Waals surface area contributed by atoms with Crippen LogP contribution in [0.4, 0.5) is 0 Å². The van der Waals surface area contributed by atoms with Gasteiger partial charge >= 0.3 is 5.97 Å². The summed E-state index contributed by atoms with van der Waals surface area (Å²) in [5.74, 6) is -0.290. The first kappa shape index (κ1) is 22.1. The third kappa shape index (κ3) is 5.72. The molecule has 1 aromatic carbocycles. The van der Waals surface area contributed by atoms with Crippen LogP contribution < -0.4 is 5.32 Å². The Morgan fingerprint density at radius 1 is 1.10 bits per heavy atom. The summed E-state index contributed by atoms with van der Waals surface area (Å²) in [7, 11) is 0. The molecule has 1 N–H and O–H groups in total. The lowest BCUT2D eigenvalue weighted by atomic mass is 10.0. The molecule has 0 fully saturated rings. The van der Waals surface area contributed by atoms with Crippen LogP contribution in [0.2, 0.25) is 0 Å². The van der Waals surface area contributed by atoms with Crippen LogP contribution in [0.25, 0.3) is 0 Å². The molecule has 0 saturated heterocycles. The second-order valence-corrected chi connectivity index (χ2v) is 7.40. The number of carbonyl (C=O) groups excluding carboxylic acids is 3. The van der Waals surface area contributed by atoms with E-state index in [1.165, 1.54) is 6.92 Å². The molecular formula is C24H26N2O5. The highest BCUT2D eigenvalue weighted by Gasteiger charge is 2.21. The molecule has 0 saturated carbocycles. The summed E-state index contributed by atoms with van der Waals surface area (Å²) in [5.41, 5.74) is 3.01. The third-order valence-corrected chi connectivity index (χ3v) is 5.08. The fourth-order valence-electron chi connectivity index (χ4n) is 3.52. The van der Waals surface area contributed by atoms with E-state index < -0.39 is 12.0 Å². The summed E-state index contributed by atoms with van der Waals surface area (Å²) in [6, 6.07) is 14.1. The van der Waals surface area contributed by atoms with Crippen molar-refractivity contribution in [3.63, 3.8) is 0 Å². The van der Waals surface area contributed by atoms with Gasteiger partial charge in [0.15, 0.2) is 6.61 Å². The quantitative estimate of drug-likeness (QED) is 0.419. The molecule has 0 aliphatic rings. The highest BCUT2D eigenvalue weighted by atomic mass is 16.5. The Bertz CT molecular complexity index is 1050. The predicted molar refractivity (Wildman–Crippen MR) is 115 cm³/mol. The van der Waals surface area contributed by atoms with E-state index in [1.54, 1.807) is 12.3 Å². The van der Waals surface area contributed by atoms with Crippen LogP contribution in [-0.2, 0) is 20.9 Å². The zero-order chi connectivity index (χ0) is 22.4. The molecule has 1 atom stereocenters. The van der Waals surface area contributed by atoms with Gasteiger partial charge in [0, 0.05) is 23.9 Å². The van der Waals surface area contributed by atoms with Gasteiger partial charge in [-0.15, -0.1) is 0 Å². The molecule has 1 amide bonds. The largest absolute Gasteiger partial charge is 0.467 e. The van der Waals surface area contributed by atoms with Gasteiger partial charge in [-0.3, -0.25) is 14.4 Å². The van der Waals surface area contributed by atoms with Crippen molar-refractivity contribution in [2.45, 2.75) is 39.8 Å². The van der Waals surface area contributed by atoms with Crippen LogP contribution in [0.5, 0.6) is 0 Å². The molecule has 7 heteroatoms.